The molecule has 0 fully saturated rings. The second-order valence-corrected chi connectivity index (χ2v) is 7.29. The summed E-state index contributed by atoms with van der Waals surface area (Å²) >= 11 is 15.0. The van der Waals surface area contributed by atoms with Gasteiger partial charge in [-0.05, 0) is 45.8 Å². The summed E-state index contributed by atoms with van der Waals surface area (Å²) in [5.74, 6) is 0.133. The van der Waals surface area contributed by atoms with Crippen LogP contribution in [-0.4, -0.2) is 18.5 Å². The Morgan fingerprint density at radius 3 is 2.62 bits per heavy atom. The Kier molecular flexibility index (Phi) is 5.11. The van der Waals surface area contributed by atoms with Crippen LogP contribution in [0.3, 0.4) is 0 Å². The van der Waals surface area contributed by atoms with E-state index in [1.54, 1.807) is 12.1 Å². The number of halogens is 3. The molecule has 0 saturated heterocycles. The van der Waals surface area contributed by atoms with Gasteiger partial charge in [0.25, 0.3) is 10.0 Å². The minimum absolute atomic E-state index is 0.0447. The number of nitrogens with zero attached hydrogens (tertiary/aromatic N) is 1. The summed E-state index contributed by atoms with van der Waals surface area (Å²) in [7, 11) is -3.96. The Bertz CT molecular complexity index is 784. The van der Waals surface area contributed by atoms with Gasteiger partial charge in [-0.1, -0.05) is 23.2 Å². The second kappa shape index (κ2) is 6.50. The Hall–Kier alpha value is -0.860. The lowest BCUT2D eigenvalue weighted by atomic mass is 10.2. The van der Waals surface area contributed by atoms with E-state index in [2.05, 4.69) is 25.6 Å². The van der Waals surface area contributed by atoms with Gasteiger partial charge < -0.3 is 5.11 Å². The van der Waals surface area contributed by atoms with Crippen LogP contribution in [0.2, 0.25) is 10.0 Å². The van der Waals surface area contributed by atoms with Gasteiger partial charge in [-0.15, -0.1) is 0 Å². The number of sulfonamides is 1. The van der Waals surface area contributed by atoms with Crippen LogP contribution in [0, 0.1) is 0 Å². The van der Waals surface area contributed by atoms with Gasteiger partial charge in [-0.25, -0.2) is 13.4 Å². The summed E-state index contributed by atoms with van der Waals surface area (Å²) in [4.78, 5) is 3.74. The predicted molar refractivity (Wildman–Crippen MR) is 85.1 cm³/mol. The van der Waals surface area contributed by atoms with E-state index in [1.807, 2.05) is 0 Å². The molecule has 112 valence electrons. The van der Waals surface area contributed by atoms with Crippen molar-refractivity contribution in [2.75, 3.05) is 4.72 Å². The molecular formula is C12H9BrCl2N2O3S. The highest BCUT2D eigenvalue weighted by Gasteiger charge is 2.21. The number of benzene rings is 1. The maximum Gasteiger partial charge on any atom is 0.264 e. The molecule has 0 unspecified atom stereocenters. The number of aliphatic hydroxyl groups is 1. The summed E-state index contributed by atoms with van der Waals surface area (Å²) in [6.07, 6.45) is 1.45. The van der Waals surface area contributed by atoms with Crippen LogP contribution in [0.5, 0.6) is 0 Å². The average Bonchev–Trinajstić information content (AvgIpc) is 2.41. The minimum Gasteiger partial charge on any atom is -0.392 e. The van der Waals surface area contributed by atoms with E-state index >= 15 is 0 Å². The summed E-state index contributed by atoms with van der Waals surface area (Å²) < 4.78 is 27.6. The maximum absolute atomic E-state index is 12.4. The fourth-order valence-electron chi connectivity index (χ4n) is 1.54. The van der Waals surface area contributed by atoms with Gasteiger partial charge in [-0.2, -0.15) is 0 Å². The smallest absolute Gasteiger partial charge is 0.264 e. The first-order valence-electron chi connectivity index (χ1n) is 5.57. The number of nitrogens with one attached hydrogen (secondary N) is 1. The topological polar surface area (TPSA) is 79.3 Å². The van der Waals surface area contributed by atoms with E-state index in [9.17, 15) is 13.5 Å². The number of hydrogen-bond acceptors (Lipinski definition) is 4. The summed E-state index contributed by atoms with van der Waals surface area (Å²) in [6.45, 7) is -0.397. The lowest BCUT2D eigenvalue weighted by Crippen LogP contribution is -2.15. The normalized spacial score (nSPS) is 11.4. The van der Waals surface area contributed by atoms with Crippen LogP contribution >= 0.6 is 39.1 Å². The van der Waals surface area contributed by atoms with Crippen molar-refractivity contribution in [3.05, 3.63) is 50.5 Å². The monoisotopic (exact) mass is 410 g/mol. The standard InChI is InChI=1S/C12H9BrCl2N2O3S/c13-8-2-1-3-16-12(8)17-21(19,20)11-4-7(6-18)9(14)5-10(11)15/h1-5,18H,6H2,(H,16,17). The Labute approximate surface area is 140 Å². The van der Waals surface area contributed by atoms with Gasteiger partial charge in [0.1, 0.15) is 4.90 Å². The highest BCUT2D eigenvalue weighted by molar-refractivity contribution is 9.10. The largest absolute Gasteiger partial charge is 0.392 e. The van der Waals surface area contributed by atoms with Gasteiger partial charge in [0, 0.05) is 11.2 Å². The van der Waals surface area contributed by atoms with Crippen molar-refractivity contribution in [2.45, 2.75) is 11.5 Å². The highest BCUT2D eigenvalue weighted by atomic mass is 79.9. The second-order valence-electron chi connectivity index (χ2n) is 3.97. The molecule has 0 aliphatic heterocycles. The lowest BCUT2D eigenvalue weighted by molar-refractivity contribution is 0.281. The molecule has 9 heteroatoms. The minimum atomic E-state index is -3.96. The van der Waals surface area contributed by atoms with Gasteiger partial charge in [0.05, 0.1) is 16.1 Å². The van der Waals surface area contributed by atoms with E-state index in [0.717, 1.165) is 0 Å². The van der Waals surface area contributed by atoms with E-state index in [1.165, 1.54) is 18.3 Å². The van der Waals surface area contributed by atoms with Crippen molar-refractivity contribution in [2.24, 2.45) is 0 Å². The molecule has 5 nitrogen and oxygen atoms in total. The van der Waals surface area contributed by atoms with E-state index in [4.69, 9.17) is 23.2 Å². The molecule has 1 aromatic heterocycles. The first kappa shape index (κ1) is 16.5. The number of aromatic nitrogens is 1. The quantitative estimate of drug-likeness (QED) is 0.807. The van der Waals surface area contributed by atoms with Gasteiger partial charge >= 0.3 is 0 Å². The van der Waals surface area contributed by atoms with Gasteiger partial charge in [-0.3, -0.25) is 4.72 Å². The van der Waals surface area contributed by atoms with Crippen molar-refractivity contribution in [3.8, 4) is 0 Å². The zero-order chi connectivity index (χ0) is 15.6. The van der Waals surface area contributed by atoms with Crippen molar-refractivity contribution in [3.63, 3.8) is 0 Å². The Balaban J connectivity index is 2.47. The first-order valence-corrected chi connectivity index (χ1v) is 8.60. The highest BCUT2D eigenvalue weighted by Crippen LogP contribution is 2.30. The number of aliphatic hydroxyl groups excluding tert-OH is 1. The van der Waals surface area contributed by atoms with Crippen molar-refractivity contribution in [1.82, 2.24) is 4.98 Å². The molecule has 21 heavy (non-hydrogen) atoms. The SMILES string of the molecule is O=S(=O)(Nc1ncccc1Br)c1cc(CO)c(Cl)cc1Cl. The fourth-order valence-corrected chi connectivity index (χ4v) is 3.91. The lowest BCUT2D eigenvalue weighted by Gasteiger charge is -2.12. The van der Waals surface area contributed by atoms with Crippen LogP contribution in [0.4, 0.5) is 5.82 Å². The van der Waals surface area contributed by atoms with Crippen LogP contribution in [0.1, 0.15) is 5.56 Å². The molecule has 0 amide bonds. The van der Waals surface area contributed by atoms with Crippen LogP contribution in [-0.2, 0) is 16.6 Å². The average molecular weight is 412 g/mol. The molecule has 2 N–H and O–H groups in total. The molecular weight excluding hydrogens is 403 g/mol. The van der Waals surface area contributed by atoms with Crippen LogP contribution < -0.4 is 4.72 Å². The molecule has 2 rings (SSSR count). The molecule has 1 aromatic carbocycles. The van der Waals surface area contributed by atoms with E-state index in [-0.39, 0.29) is 26.3 Å². The molecule has 0 bridgehead atoms. The molecule has 0 aliphatic carbocycles. The third-order valence-electron chi connectivity index (χ3n) is 2.55. The molecule has 0 atom stereocenters. The third kappa shape index (κ3) is 3.67. The van der Waals surface area contributed by atoms with Crippen molar-refractivity contribution in [1.29, 1.82) is 0 Å². The first-order chi connectivity index (χ1) is 9.85. The summed E-state index contributed by atoms with van der Waals surface area (Å²) in [5, 5.41) is 9.32. The Morgan fingerprint density at radius 2 is 2.00 bits per heavy atom. The zero-order valence-corrected chi connectivity index (χ0v) is 14.3. The van der Waals surface area contributed by atoms with Crippen LogP contribution in [0.25, 0.3) is 0 Å². The van der Waals surface area contributed by atoms with Crippen molar-refractivity contribution >= 4 is 55.0 Å². The maximum atomic E-state index is 12.4. The van der Waals surface area contributed by atoms with Crippen molar-refractivity contribution < 1.29 is 13.5 Å². The number of rotatable bonds is 4. The number of pyridine rings is 1. The zero-order valence-electron chi connectivity index (χ0n) is 10.3. The third-order valence-corrected chi connectivity index (χ3v) is 5.35. The molecule has 2 aromatic rings. The fraction of sp³-hybridized carbons (Fsp3) is 0.0833. The molecule has 0 radical (unpaired) electrons. The number of hydrogen-bond donors (Lipinski definition) is 2. The van der Waals surface area contributed by atoms with Gasteiger partial charge in [0.15, 0.2) is 5.82 Å². The van der Waals surface area contributed by atoms with E-state index < -0.39 is 16.6 Å². The summed E-state index contributed by atoms with van der Waals surface area (Å²) in [6, 6.07) is 5.80. The Morgan fingerprint density at radius 1 is 1.29 bits per heavy atom. The van der Waals surface area contributed by atoms with Crippen LogP contribution in [0.15, 0.2) is 39.8 Å². The molecule has 0 aliphatic rings. The molecule has 0 saturated carbocycles. The predicted octanol–water partition coefficient (Wildman–Crippen LogP) is 3.44. The molecule has 0 spiro atoms. The summed E-state index contributed by atoms with van der Waals surface area (Å²) in [5.41, 5.74) is 0.265. The molecule has 1 heterocycles. The number of anilines is 1. The van der Waals surface area contributed by atoms with E-state index in [0.29, 0.717) is 4.47 Å². The van der Waals surface area contributed by atoms with Gasteiger partial charge in [0.2, 0.25) is 0 Å².